The fourth-order valence-corrected chi connectivity index (χ4v) is 8.38. The minimum Gasteiger partial charge on any atom is -0.480 e. The first-order valence-corrected chi connectivity index (χ1v) is 24.5. The number of cyclic esters (lactones) is 1. The topological polar surface area (TPSA) is 173 Å². The fraction of sp³-hybridized carbons (Fsp3) is 0.345. The zero-order valence-electron chi connectivity index (χ0n) is 42.0. The smallest absolute Gasteiger partial charge is 0.418 e. The second-order valence-electron chi connectivity index (χ2n) is 18.1. The molecule has 0 spiro atoms. The zero-order valence-corrected chi connectivity index (χ0v) is 43.5. The van der Waals surface area contributed by atoms with Crippen LogP contribution in [0.2, 0.25) is 10.0 Å². The average Bonchev–Trinajstić information content (AvgIpc) is 3.67. The summed E-state index contributed by atoms with van der Waals surface area (Å²) in [7, 11) is 0. The van der Waals surface area contributed by atoms with Crippen molar-refractivity contribution in [3.05, 3.63) is 152 Å². The number of carbonyl (C=O) groups excluding carboxylic acids is 6. The van der Waals surface area contributed by atoms with Gasteiger partial charge in [-0.1, -0.05) is 103 Å². The number of anilines is 2. The van der Waals surface area contributed by atoms with E-state index in [1.807, 2.05) is 108 Å². The van der Waals surface area contributed by atoms with E-state index in [2.05, 4.69) is 10.6 Å². The molecule has 0 aromatic heterocycles. The molecule has 2 fully saturated rings. The highest BCUT2D eigenvalue weighted by molar-refractivity contribution is 6.32. The molecule has 2 saturated heterocycles. The van der Waals surface area contributed by atoms with Gasteiger partial charge in [0.2, 0.25) is 6.23 Å². The minimum absolute atomic E-state index is 0.0556. The van der Waals surface area contributed by atoms with Crippen LogP contribution in [-0.4, -0.2) is 81.1 Å². The number of urea groups is 1. The van der Waals surface area contributed by atoms with Gasteiger partial charge in [-0.25, -0.2) is 14.5 Å². The van der Waals surface area contributed by atoms with E-state index in [4.69, 9.17) is 42.1 Å². The van der Waals surface area contributed by atoms with E-state index >= 15 is 0 Å². The standard InChI is InChI=1S/C31H34ClN3O5.C24H27ClN2O5/c1-5-26(40-27-15-12-20(3)16-21(27)4)28(36)33-24-13-14-25(32)23(17-24)19-34-29(37)30(39-6-2)35(31(34)38)18-22-10-8-7-9-11-22;1-6-19(31-20-10-7-14(2)11-15(20)3)21(28)26-17-8-9-18(25)16(12-17)13-27-22(29)24(4,5)32-23(27)30/h7-17,26,30H,5-6,18-19H2,1-4H3,(H,33,36);7-12,19H,6,13H2,1-5H3,(H,26,28). The van der Waals surface area contributed by atoms with Crippen LogP contribution in [-0.2, 0) is 48.3 Å². The molecule has 0 bridgehead atoms. The molecule has 0 radical (unpaired) electrons. The molecule has 17 heteroatoms. The van der Waals surface area contributed by atoms with Gasteiger partial charge in [-0.3, -0.25) is 29.0 Å². The molecule has 3 unspecified atom stereocenters. The highest BCUT2D eigenvalue weighted by atomic mass is 35.5. The van der Waals surface area contributed by atoms with E-state index in [9.17, 15) is 28.8 Å². The average molecular weight is 1020 g/mol. The molecule has 2 N–H and O–H groups in total. The summed E-state index contributed by atoms with van der Waals surface area (Å²) in [5.41, 5.74) is 5.79. The lowest BCUT2D eigenvalue weighted by Crippen LogP contribution is -2.36. The predicted molar refractivity (Wildman–Crippen MR) is 276 cm³/mol. The maximum atomic E-state index is 13.4. The Labute approximate surface area is 430 Å². The van der Waals surface area contributed by atoms with E-state index in [0.29, 0.717) is 56.9 Å². The van der Waals surface area contributed by atoms with Gasteiger partial charge in [0, 0.05) is 28.0 Å². The molecule has 72 heavy (non-hydrogen) atoms. The van der Waals surface area contributed by atoms with Crippen LogP contribution in [0.3, 0.4) is 0 Å². The van der Waals surface area contributed by atoms with Gasteiger partial charge in [-0.05, 0) is 138 Å². The second kappa shape index (κ2) is 24.0. The highest BCUT2D eigenvalue weighted by Crippen LogP contribution is 2.31. The minimum atomic E-state index is -1.21. The number of ether oxygens (including phenoxy) is 4. The van der Waals surface area contributed by atoms with Crippen LogP contribution in [0, 0.1) is 27.7 Å². The zero-order chi connectivity index (χ0) is 52.4. The summed E-state index contributed by atoms with van der Waals surface area (Å²) < 4.78 is 22.7. The van der Waals surface area contributed by atoms with Crippen molar-refractivity contribution >= 4 is 70.3 Å². The molecule has 3 atom stereocenters. The number of carbonyl (C=O) groups is 6. The van der Waals surface area contributed by atoms with Crippen LogP contribution in [0.4, 0.5) is 21.0 Å². The molecule has 380 valence electrons. The van der Waals surface area contributed by atoms with Crippen molar-refractivity contribution in [2.24, 2.45) is 0 Å². The normalized spacial score (nSPS) is 15.9. The number of nitrogens with one attached hydrogen (secondary N) is 2. The number of hydrogen-bond acceptors (Lipinski definition) is 10. The van der Waals surface area contributed by atoms with Crippen molar-refractivity contribution in [1.82, 2.24) is 14.7 Å². The number of halogens is 2. The van der Waals surface area contributed by atoms with E-state index < -0.39 is 48.0 Å². The van der Waals surface area contributed by atoms with Gasteiger partial charge in [0.25, 0.3) is 23.6 Å². The van der Waals surface area contributed by atoms with E-state index in [1.165, 1.54) is 18.7 Å². The van der Waals surface area contributed by atoms with E-state index in [1.54, 1.807) is 43.3 Å². The second-order valence-corrected chi connectivity index (χ2v) is 18.9. The number of imide groups is 2. The first kappa shape index (κ1) is 54.4. The van der Waals surface area contributed by atoms with Crippen molar-refractivity contribution in [3.63, 3.8) is 0 Å². The van der Waals surface area contributed by atoms with Crippen molar-refractivity contribution < 1.29 is 47.7 Å². The summed E-state index contributed by atoms with van der Waals surface area (Å²) in [5, 5.41) is 6.45. The van der Waals surface area contributed by atoms with Gasteiger partial charge < -0.3 is 29.6 Å². The molecular weight excluding hydrogens is 962 g/mol. The number of rotatable bonds is 18. The van der Waals surface area contributed by atoms with Gasteiger partial charge in [-0.2, -0.15) is 0 Å². The summed E-state index contributed by atoms with van der Waals surface area (Å²) in [6, 6.07) is 30.4. The number of nitrogens with zero attached hydrogens (tertiary/aromatic N) is 3. The van der Waals surface area contributed by atoms with Crippen LogP contribution >= 0.6 is 23.2 Å². The SMILES string of the molecule is CCC(Oc1ccc(C)cc1C)C(=O)Nc1ccc(Cl)c(CN2C(=O)OC(C)(C)C2=O)c1.CCOC1C(=O)N(Cc2cc(NC(=O)C(CC)Oc3ccc(C)cc3C)ccc2Cl)C(=O)N1Cc1ccccc1. The van der Waals surface area contributed by atoms with Crippen molar-refractivity contribution in [1.29, 1.82) is 0 Å². The maximum absolute atomic E-state index is 13.4. The highest BCUT2D eigenvalue weighted by Gasteiger charge is 2.48. The van der Waals surface area contributed by atoms with Crippen LogP contribution in [0.5, 0.6) is 11.5 Å². The summed E-state index contributed by atoms with van der Waals surface area (Å²) in [6.07, 6.45) is -2.20. The molecule has 5 aromatic rings. The number of amides is 7. The Morgan fingerprint density at radius 1 is 0.653 bits per heavy atom. The maximum Gasteiger partial charge on any atom is 0.418 e. The molecule has 7 rings (SSSR count). The van der Waals surface area contributed by atoms with Crippen molar-refractivity contribution in [2.75, 3.05) is 17.2 Å². The van der Waals surface area contributed by atoms with Crippen molar-refractivity contribution in [3.8, 4) is 11.5 Å². The first-order valence-electron chi connectivity index (χ1n) is 23.7. The Morgan fingerprint density at radius 2 is 1.14 bits per heavy atom. The monoisotopic (exact) mass is 1020 g/mol. The molecule has 5 aromatic carbocycles. The lowest BCUT2D eigenvalue weighted by Gasteiger charge is -2.21. The molecule has 2 aliphatic rings. The lowest BCUT2D eigenvalue weighted by molar-refractivity contribution is -0.142. The van der Waals surface area contributed by atoms with Gasteiger partial charge in [-0.15, -0.1) is 0 Å². The van der Waals surface area contributed by atoms with E-state index in [-0.39, 0.29) is 38.1 Å². The quantitative estimate of drug-likeness (QED) is 0.0804. The third kappa shape index (κ3) is 13.3. The molecule has 0 aliphatic carbocycles. The van der Waals surface area contributed by atoms with Crippen LogP contribution in [0.25, 0.3) is 0 Å². The number of benzene rings is 5. The number of hydrogen-bond donors (Lipinski definition) is 2. The Morgan fingerprint density at radius 3 is 1.57 bits per heavy atom. The Hall–Kier alpha value is -6.94. The fourth-order valence-electron chi connectivity index (χ4n) is 8.02. The Balaban J connectivity index is 0.000000241. The molecular formula is C55H61Cl2N5O10. The Kier molecular flexibility index (Phi) is 18.1. The van der Waals surface area contributed by atoms with Gasteiger partial charge >= 0.3 is 12.1 Å². The van der Waals surface area contributed by atoms with Crippen LogP contribution in [0.15, 0.2) is 103 Å². The van der Waals surface area contributed by atoms with Crippen molar-refractivity contribution in [2.45, 2.75) is 119 Å². The molecule has 2 heterocycles. The molecule has 0 saturated carbocycles. The summed E-state index contributed by atoms with van der Waals surface area (Å²) >= 11 is 12.7. The Bertz CT molecular complexity index is 2820. The van der Waals surface area contributed by atoms with Gasteiger partial charge in [0.1, 0.15) is 11.5 Å². The van der Waals surface area contributed by atoms with Gasteiger partial charge in [0.05, 0.1) is 19.6 Å². The first-order chi connectivity index (χ1) is 34.2. The predicted octanol–water partition coefficient (Wildman–Crippen LogP) is 11.1. The van der Waals surface area contributed by atoms with Gasteiger partial charge in [0.15, 0.2) is 17.8 Å². The molecule has 2 aliphatic heterocycles. The summed E-state index contributed by atoms with van der Waals surface area (Å²) in [6.45, 7) is 16.8. The molecule has 7 amide bonds. The molecule has 15 nitrogen and oxygen atoms in total. The number of aryl methyl sites for hydroxylation is 4. The van der Waals surface area contributed by atoms with Crippen LogP contribution < -0.4 is 20.1 Å². The third-order valence-corrected chi connectivity index (χ3v) is 12.6. The van der Waals surface area contributed by atoms with E-state index in [0.717, 1.165) is 37.6 Å². The third-order valence-electron chi connectivity index (χ3n) is 11.9. The summed E-state index contributed by atoms with van der Waals surface area (Å²) in [5.74, 6) is -0.211. The lowest BCUT2D eigenvalue weighted by atomic mass is 10.1. The van der Waals surface area contributed by atoms with Crippen LogP contribution in [0.1, 0.15) is 86.4 Å². The summed E-state index contributed by atoms with van der Waals surface area (Å²) in [4.78, 5) is 80.6. The largest absolute Gasteiger partial charge is 0.480 e.